The van der Waals surface area contributed by atoms with Crippen molar-refractivity contribution in [2.24, 2.45) is 5.16 Å². The molecule has 1 N–H and O–H groups in total. The Bertz CT molecular complexity index is 1190. The molecule has 1 aliphatic carbocycles. The Morgan fingerprint density at radius 1 is 0.848 bits per heavy atom. The molecular weight excluding hydrogens is 416 g/mol. The number of carbonyl (C=O) groups excluding carboxylic acids is 1. The lowest BCUT2D eigenvalue weighted by molar-refractivity contribution is -0.114. The molecule has 1 aliphatic rings. The molecule has 0 saturated carbocycles. The molecule has 0 atom stereocenters. The molecule has 0 saturated heterocycles. The fourth-order valence-electron chi connectivity index (χ4n) is 4.18. The highest BCUT2D eigenvalue weighted by molar-refractivity contribution is 6.45. The highest BCUT2D eigenvalue weighted by Crippen LogP contribution is 2.29. The summed E-state index contributed by atoms with van der Waals surface area (Å²) in [5, 5.41) is 6.99. The zero-order chi connectivity index (χ0) is 23.2. The van der Waals surface area contributed by atoms with E-state index in [9.17, 15) is 4.79 Å². The highest BCUT2D eigenvalue weighted by Gasteiger charge is 2.20. The maximum absolute atomic E-state index is 12.9. The Morgan fingerprint density at radius 3 is 2.24 bits per heavy atom. The van der Waals surface area contributed by atoms with Crippen molar-refractivity contribution in [1.82, 2.24) is 5.32 Å². The van der Waals surface area contributed by atoms with Crippen molar-refractivity contribution in [2.45, 2.75) is 19.3 Å². The van der Waals surface area contributed by atoms with E-state index in [2.05, 4.69) is 46.9 Å². The van der Waals surface area contributed by atoms with Gasteiger partial charge >= 0.3 is 0 Å². The summed E-state index contributed by atoms with van der Waals surface area (Å²) in [5.74, 6) is 1.07. The number of oxime groups is 1. The molecule has 3 aromatic carbocycles. The van der Waals surface area contributed by atoms with Gasteiger partial charge in [0.25, 0.3) is 5.91 Å². The molecule has 0 unspecified atom stereocenters. The van der Waals surface area contributed by atoms with Crippen molar-refractivity contribution in [1.29, 1.82) is 0 Å². The van der Waals surface area contributed by atoms with Gasteiger partial charge in [-0.05, 0) is 65.3 Å². The first-order valence-corrected chi connectivity index (χ1v) is 10.9. The molecule has 4 rings (SSSR count). The quantitative estimate of drug-likeness (QED) is 0.331. The second-order valence-corrected chi connectivity index (χ2v) is 7.92. The van der Waals surface area contributed by atoms with E-state index < -0.39 is 0 Å². The van der Waals surface area contributed by atoms with Crippen LogP contribution in [0.4, 0.5) is 0 Å². The van der Waals surface area contributed by atoms with Gasteiger partial charge in [-0.3, -0.25) is 4.79 Å². The molecule has 33 heavy (non-hydrogen) atoms. The van der Waals surface area contributed by atoms with Gasteiger partial charge < -0.3 is 19.6 Å². The predicted octanol–water partition coefficient (Wildman–Crippen LogP) is 3.91. The number of benzene rings is 3. The lowest BCUT2D eigenvalue weighted by Gasteiger charge is -2.20. The van der Waals surface area contributed by atoms with Crippen LogP contribution < -0.4 is 14.8 Å². The van der Waals surface area contributed by atoms with Gasteiger partial charge in [0.1, 0.15) is 7.11 Å². The molecule has 0 fully saturated rings. The lowest BCUT2D eigenvalue weighted by Crippen LogP contribution is -2.33. The zero-order valence-corrected chi connectivity index (χ0v) is 19.2. The number of hydrogen-bond acceptors (Lipinski definition) is 5. The summed E-state index contributed by atoms with van der Waals surface area (Å²) < 4.78 is 10.6. The van der Waals surface area contributed by atoms with Gasteiger partial charge in [0, 0.05) is 12.1 Å². The summed E-state index contributed by atoms with van der Waals surface area (Å²) in [6.45, 7) is 0.454. The van der Waals surface area contributed by atoms with E-state index in [4.69, 9.17) is 14.3 Å². The van der Waals surface area contributed by atoms with E-state index in [0.29, 0.717) is 24.5 Å². The van der Waals surface area contributed by atoms with Crippen molar-refractivity contribution >= 4 is 11.6 Å². The monoisotopic (exact) mass is 444 g/mol. The van der Waals surface area contributed by atoms with Crippen LogP contribution in [-0.2, 0) is 28.9 Å². The Kier molecular flexibility index (Phi) is 6.93. The molecule has 3 aromatic rings. The fourth-order valence-corrected chi connectivity index (χ4v) is 4.18. The Labute approximate surface area is 194 Å². The number of rotatable bonds is 8. The second kappa shape index (κ2) is 10.2. The summed E-state index contributed by atoms with van der Waals surface area (Å²) >= 11 is 0. The van der Waals surface area contributed by atoms with Crippen molar-refractivity contribution < 1.29 is 19.1 Å². The molecule has 0 aromatic heterocycles. The lowest BCUT2D eigenvalue weighted by atomic mass is 9.85. The van der Waals surface area contributed by atoms with Crippen LogP contribution in [0.15, 0.2) is 65.8 Å². The minimum Gasteiger partial charge on any atom is -0.493 e. The Hall–Kier alpha value is -3.80. The van der Waals surface area contributed by atoms with E-state index in [1.807, 2.05) is 24.3 Å². The molecule has 0 bridgehead atoms. The average Bonchev–Trinajstić information content (AvgIpc) is 2.85. The van der Waals surface area contributed by atoms with Crippen molar-refractivity contribution in [3.05, 3.63) is 94.0 Å². The topological polar surface area (TPSA) is 69.2 Å². The Balaban J connectivity index is 1.45. The van der Waals surface area contributed by atoms with Crippen molar-refractivity contribution in [3.8, 4) is 11.5 Å². The second-order valence-electron chi connectivity index (χ2n) is 7.92. The summed E-state index contributed by atoms with van der Waals surface area (Å²) in [5.41, 5.74) is 7.23. The van der Waals surface area contributed by atoms with Gasteiger partial charge in [-0.15, -0.1) is 0 Å². The van der Waals surface area contributed by atoms with Crippen LogP contribution in [0.25, 0.3) is 0 Å². The van der Waals surface area contributed by atoms with E-state index in [1.54, 1.807) is 14.2 Å². The van der Waals surface area contributed by atoms with Gasteiger partial charge in [0.2, 0.25) is 0 Å². The first-order chi connectivity index (χ1) is 16.1. The molecule has 0 radical (unpaired) electrons. The number of hydrogen-bond donors (Lipinski definition) is 1. The maximum atomic E-state index is 12.9. The van der Waals surface area contributed by atoms with Crippen LogP contribution in [0, 0.1) is 0 Å². The van der Waals surface area contributed by atoms with E-state index in [-0.39, 0.29) is 11.6 Å². The van der Waals surface area contributed by atoms with E-state index in [0.717, 1.165) is 24.0 Å². The number of methoxy groups -OCH3 is 2. The first-order valence-electron chi connectivity index (χ1n) is 10.9. The molecule has 1 amide bonds. The van der Waals surface area contributed by atoms with Crippen LogP contribution in [0.2, 0.25) is 0 Å². The van der Waals surface area contributed by atoms with Gasteiger partial charge in [0.15, 0.2) is 17.2 Å². The van der Waals surface area contributed by atoms with Crippen LogP contribution in [-0.4, -0.2) is 39.5 Å². The highest BCUT2D eigenvalue weighted by atomic mass is 16.6. The maximum Gasteiger partial charge on any atom is 0.273 e. The normalized spacial score (nSPS) is 12.4. The minimum absolute atomic E-state index is 0.270. The first kappa shape index (κ1) is 22.4. The van der Waals surface area contributed by atoms with Crippen LogP contribution in [0.3, 0.4) is 0 Å². The number of carbonyl (C=O) groups is 1. The third-order valence-electron chi connectivity index (χ3n) is 5.90. The summed E-state index contributed by atoms with van der Waals surface area (Å²) in [4.78, 5) is 17.9. The molecule has 170 valence electrons. The standard InChI is InChI=1S/C27H28N2O4/c1-31-24-11-8-18(14-25(24)32-2)12-13-28-27(30)26(29-33-3)22-10-9-21-15-19-6-4-5-7-20(19)16-23(21)17-22/h4-11,14,17H,12-13,15-16H2,1-3H3,(H,28,30)/b29-26-. The zero-order valence-electron chi connectivity index (χ0n) is 19.2. The van der Waals surface area contributed by atoms with Gasteiger partial charge in [-0.1, -0.05) is 47.6 Å². The molecule has 6 heteroatoms. The van der Waals surface area contributed by atoms with E-state index in [1.165, 1.54) is 29.4 Å². The van der Waals surface area contributed by atoms with E-state index >= 15 is 0 Å². The molecule has 0 aliphatic heterocycles. The predicted molar refractivity (Wildman–Crippen MR) is 128 cm³/mol. The SMILES string of the molecule is CO/N=C(\C(=O)NCCc1ccc(OC)c(OC)c1)c1ccc2c(c1)Cc1ccccc1C2. The molecular formula is C27H28N2O4. The number of fused-ring (bicyclic) bond motifs is 2. The van der Waals surface area contributed by atoms with Crippen LogP contribution >= 0.6 is 0 Å². The van der Waals surface area contributed by atoms with Crippen LogP contribution in [0.5, 0.6) is 11.5 Å². The number of amides is 1. The number of nitrogens with zero attached hydrogens (tertiary/aromatic N) is 1. The number of nitrogens with one attached hydrogen (secondary N) is 1. The third kappa shape index (κ3) is 5.00. The Morgan fingerprint density at radius 2 is 1.55 bits per heavy atom. The van der Waals surface area contributed by atoms with Crippen LogP contribution in [0.1, 0.15) is 33.4 Å². The van der Waals surface area contributed by atoms with Gasteiger partial charge in [-0.25, -0.2) is 0 Å². The largest absolute Gasteiger partial charge is 0.493 e. The van der Waals surface area contributed by atoms with Crippen molar-refractivity contribution in [3.63, 3.8) is 0 Å². The summed E-state index contributed by atoms with van der Waals surface area (Å²) in [6, 6.07) is 20.3. The smallest absolute Gasteiger partial charge is 0.273 e. The third-order valence-corrected chi connectivity index (χ3v) is 5.90. The van der Waals surface area contributed by atoms with Gasteiger partial charge in [-0.2, -0.15) is 0 Å². The van der Waals surface area contributed by atoms with Gasteiger partial charge in [0.05, 0.1) is 14.2 Å². The molecule has 6 nitrogen and oxygen atoms in total. The summed E-state index contributed by atoms with van der Waals surface area (Å²) in [6.07, 6.45) is 2.40. The van der Waals surface area contributed by atoms with Crippen molar-refractivity contribution in [2.75, 3.05) is 27.9 Å². The summed E-state index contributed by atoms with van der Waals surface area (Å²) in [7, 11) is 4.66. The molecule has 0 heterocycles. The average molecular weight is 445 g/mol. The minimum atomic E-state index is -0.270. The fraction of sp³-hybridized carbons (Fsp3) is 0.259. The number of ether oxygens (including phenoxy) is 2. The molecule has 0 spiro atoms.